The molecule has 0 aliphatic heterocycles. The number of unbranched alkanes of at least 4 members (excludes halogenated alkanes) is 21. The van der Waals surface area contributed by atoms with Gasteiger partial charge in [0.2, 0.25) is 0 Å². The van der Waals surface area contributed by atoms with Gasteiger partial charge in [0.15, 0.2) is 0 Å². The third kappa shape index (κ3) is 36.1. The van der Waals surface area contributed by atoms with Gasteiger partial charge >= 0.3 is 0 Å². The number of aliphatic hydroxyl groups excluding tert-OH is 3. The van der Waals surface area contributed by atoms with Crippen molar-refractivity contribution in [3.8, 4) is 0 Å². The van der Waals surface area contributed by atoms with Crippen LogP contribution in [0.3, 0.4) is 0 Å². The Balaban J connectivity index is 4.39. The van der Waals surface area contributed by atoms with Crippen LogP contribution in [-0.2, 0) is 14.2 Å². The summed E-state index contributed by atoms with van der Waals surface area (Å²) >= 11 is 0. The standard InChI is InChI=1S/C43H90NO6/c1-5-8-11-14-17-20-23-26-29-41(45)38-48-35-32-44(4,33-36-49-39-42(46)30-27-24-21-18-15-12-9-6-2)34-37-50-40-43(47)31-28-25-22-19-16-13-10-7-3/h41-43,45-47H,5-40H2,1-4H3/q+1. The number of rotatable bonds is 42. The molecule has 3 unspecified atom stereocenters. The Hall–Kier alpha value is -0.280. The van der Waals surface area contributed by atoms with Gasteiger partial charge < -0.3 is 34.0 Å². The molecule has 0 aliphatic rings. The van der Waals surface area contributed by atoms with E-state index in [9.17, 15) is 15.3 Å². The molecular weight excluding hydrogens is 626 g/mol. The maximum absolute atomic E-state index is 10.5. The highest BCUT2D eigenvalue weighted by Gasteiger charge is 2.22. The molecule has 0 aromatic heterocycles. The minimum atomic E-state index is -0.398. The van der Waals surface area contributed by atoms with E-state index < -0.39 is 18.3 Å². The van der Waals surface area contributed by atoms with Gasteiger partial charge in [-0.15, -0.1) is 0 Å². The highest BCUT2D eigenvalue weighted by molar-refractivity contribution is 4.58. The fourth-order valence-corrected chi connectivity index (χ4v) is 6.64. The number of ether oxygens (including phenoxy) is 3. The third-order valence-corrected chi connectivity index (χ3v) is 10.4. The molecule has 7 heteroatoms. The summed E-state index contributed by atoms with van der Waals surface area (Å²) in [7, 11) is 2.21. The quantitative estimate of drug-likeness (QED) is 0.0431. The summed E-state index contributed by atoms with van der Waals surface area (Å²) in [6.07, 6.45) is 31.7. The van der Waals surface area contributed by atoms with Gasteiger partial charge in [0.1, 0.15) is 19.6 Å². The summed E-state index contributed by atoms with van der Waals surface area (Å²) in [6, 6.07) is 0. The largest absolute Gasteiger partial charge is 0.391 e. The van der Waals surface area contributed by atoms with Gasteiger partial charge in [0, 0.05) is 0 Å². The Kier molecular flexibility index (Phi) is 38.2. The lowest BCUT2D eigenvalue weighted by atomic mass is 10.1. The van der Waals surface area contributed by atoms with E-state index in [-0.39, 0.29) is 0 Å². The van der Waals surface area contributed by atoms with Crippen LogP contribution in [0.1, 0.15) is 194 Å². The molecule has 50 heavy (non-hydrogen) atoms. The Bertz CT molecular complexity index is 569. The molecule has 0 radical (unpaired) electrons. The fourth-order valence-electron chi connectivity index (χ4n) is 6.64. The first kappa shape index (κ1) is 49.7. The normalized spacial score (nSPS) is 14.9. The van der Waals surface area contributed by atoms with E-state index in [1.807, 2.05) is 0 Å². The van der Waals surface area contributed by atoms with Crippen molar-refractivity contribution in [3.05, 3.63) is 0 Å². The zero-order chi connectivity index (χ0) is 36.8. The number of likely N-dealkylation sites (N-methyl/N-ethyl adjacent to an activating group) is 1. The first-order valence-corrected chi connectivity index (χ1v) is 22.0. The average molecular weight is 717 g/mol. The Morgan fingerprint density at radius 2 is 0.580 bits per heavy atom. The van der Waals surface area contributed by atoms with Crippen LogP contribution in [0.4, 0.5) is 0 Å². The molecule has 0 aromatic carbocycles. The maximum Gasteiger partial charge on any atom is 0.102 e. The highest BCUT2D eigenvalue weighted by Crippen LogP contribution is 2.14. The predicted octanol–water partition coefficient (Wildman–Crippen LogP) is 10.2. The lowest BCUT2D eigenvalue weighted by Crippen LogP contribution is -2.51. The van der Waals surface area contributed by atoms with Crippen LogP contribution in [0.5, 0.6) is 0 Å². The van der Waals surface area contributed by atoms with Crippen LogP contribution in [0, 0.1) is 0 Å². The highest BCUT2D eigenvalue weighted by atomic mass is 16.5. The monoisotopic (exact) mass is 717 g/mol. The predicted molar refractivity (Wildman–Crippen MR) is 213 cm³/mol. The molecule has 0 amide bonds. The van der Waals surface area contributed by atoms with Crippen molar-refractivity contribution in [2.45, 2.75) is 212 Å². The van der Waals surface area contributed by atoms with Gasteiger partial charge in [-0.25, -0.2) is 0 Å². The average Bonchev–Trinajstić information content (AvgIpc) is 3.10. The first-order valence-electron chi connectivity index (χ1n) is 22.0. The van der Waals surface area contributed by atoms with Crippen molar-refractivity contribution in [3.63, 3.8) is 0 Å². The number of quaternary nitrogens is 1. The van der Waals surface area contributed by atoms with Crippen LogP contribution < -0.4 is 0 Å². The Morgan fingerprint density at radius 3 is 0.820 bits per heavy atom. The lowest BCUT2D eigenvalue weighted by Gasteiger charge is -2.34. The number of aliphatic hydroxyl groups is 3. The lowest BCUT2D eigenvalue weighted by molar-refractivity contribution is -0.910. The van der Waals surface area contributed by atoms with Crippen LogP contribution in [0.15, 0.2) is 0 Å². The van der Waals surface area contributed by atoms with Crippen molar-refractivity contribution >= 4 is 0 Å². The molecule has 0 spiro atoms. The summed E-state index contributed by atoms with van der Waals surface area (Å²) in [4.78, 5) is 0. The van der Waals surface area contributed by atoms with E-state index in [1.165, 1.54) is 135 Å². The van der Waals surface area contributed by atoms with Gasteiger partial charge in [-0.2, -0.15) is 0 Å². The van der Waals surface area contributed by atoms with E-state index in [2.05, 4.69) is 27.8 Å². The van der Waals surface area contributed by atoms with Crippen molar-refractivity contribution in [1.29, 1.82) is 0 Å². The van der Waals surface area contributed by atoms with Crippen molar-refractivity contribution in [1.82, 2.24) is 0 Å². The van der Waals surface area contributed by atoms with Gasteiger partial charge in [-0.05, 0) is 19.3 Å². The molecule has 3 atom stereocenters. The zero-order valence-electron chi connectivity index (χ0n) is 34.2. The number of hydrogen-bond acceptors (Lipinski definition) is 6. The molecule has 7 nitrogen and oxygen atoms in total. The minimum Gasteiger partial charge on any atom is -0.391 e. The topological polar surface area (TPSA) is 88.4 Å². The van der Waals surface area contributed by atoms with Gasteiger partial charge in [-0.3, -0.25) is 0 Å². The fraction of sp³-hybridized carbons (Fsp3) is 1.00. The van der Waals surface area contributed by atoms with E-state index in [4.69, 9.17) is 14.2 Å². The number of nitrogens with zero attached hydrogens (tertiary/aromatic N) is 1. The summed E-state index contributed by atoms with van der Waals surface area (Å²) < 4.78 is 18.6. The molecule has 0 aliphatic carbocycles. The van der Waals surface area contributed by atoms with Crippen molar-refractivity contribution in [2.75, 3.05) is 66.3 Å². The smallest absolute Gasteiger partial charge is 0.102 e. The molecule has 0 saturated heterocycles. The molecule has 302 valence electrons. The van der Waals surface area contributed by atoms with Crippen LogP contribution in [-0.4, -0.2) is 104 Å². The molecular formula is C43H90NO6+. The second-order valence-corrected chi connectivity index (χ2v) is 15.8. The maximum atomic E-state index is 10.5. The Morgan fingerprint density at radius 1 is 0.360 bits per heavy atom. The summed E-state index contributed by atoms with van der Waals surface area (Å²) in [6.45, 7) is 12.1. The van der Waals surface area contributed by atoms with E-state index >= 15 is 0 Å². The molecule has 0 heterocycles. The van der Waals surface area contributed by atoms with Gasteiger partial charge in [0.05, 0.1) is 65.0 Å². The van der Waals surface area contributed by atoms with Crippen LogP contribution >= 0.6 is 0 Å². The molecule has 0 saturated carbocycles. The van der Waals surface area contributed by atoms with Gasteiger partial charge in [0.25, 0.3) is 0 Å². The zero-order valence-corrected chi connectivity index (χ0v) is 34.2. The summed E-state index contributed by atoms with van der Waals surface area (Å²) in [5.74, 6) is 0. The van der Waals surface area contributed by atoms with Crippen LogP contribution in [0.25, 0.3) is 0 Å². The number of hydrogen-bond donors (Lipinski definition) is 3. The molecule has 0 bridgehead atoms. The van der Waals surface area contributed by atoms with Crippen molar-refractivity contribution in [2.24, 2.45) is 0 Å². The minimum absolute atomic E-state index is 0.388. The van der Waals surface area contributed by atoms with E-state index in [1.54, 1.807) is 0 Å². The molecule has 0 rings (SSSR count). The summed E-state index contributed by atoms with van der Waals surface area (Å²) in [5, 5.41) is 31.4. The molecule has 0 aromatic rings. The second kappa shape index (κ2) is 38.4. The SMILES string of the molecule is CCCCCCCCCCC(O)COCC[N+](C)(CCOCC(O)CCCCCCCCCC)CCOCC(O)CCCCCCCCCC. The third-order valence-electron chi connectivity index (χ3n) is 10.4. The Labute approximate surface area is 312 Å². The van der Waals surface area contributed by atoms with E-state index in [0.29, 0.717) is 39.6 Å². The second-order valence-electron chi connectivity index (χ2n) is 15.8. The van der Waals surface area contributed by atoms with Crippen LogP contribution in [0.2, 0.25) is 0 Å². The van der Waals surface area contributed by atoms with E-state index in [0.717, 1.165) is 62.6 Å². The molecule has 3 N–H and O–H groups in total. The summed E-state index contributed by atoms with van der Waals surface area (Å²) in [5.41, 5.74) is 0. The van der Waals surface area contributed by atoms with Crippen molar-refractivity contribution < 1.29 is 34.0 Å². The van der Waals surface area contributed by atoms with Gasteiger partial charge in [-0.1, -0.05) is 175 Å². The first-order chi connectivity index (χ1) is 24.4. The molecule has 0 fully saturated rings.